The highest BCUT2D eigenvalue weighted by Gasteiger charge is 1.86. The van der Waals surface area contributed by atoms with Gasteiger partial charge in [-0.3, -0.25) is 0 Å². The second kappa shape index (κ2) is 4.57. The van der Waals surface area contributed by atoms with Crippen molar-refractivity contribution < 1.29 is 0 Å². The molecule has 0 bridgehead atoms. The van der Waals surface area contributed by atoms with E-state index in [2.05, 4.69) is 24.6 Å². The summed E-state index contributed by atoms with van der Waals surface area (Å²) >= 11 is 1.77. The van der Waals surface area contributed by atoms with Crippen LogP contribution in [0.5, 0.6) is 0 Å². The molecule has 0 unspecified atom stereocenters. The molecule has 0 aromatic carbocycles. The van der Waals surface area contributed by atoms with Crippen LogP contribution >= 0.6 is 11.3 Å². The molecule has 0 aliphatic rings. The molecule has 1 heterocycles. The van der Waals surface area contributed by atoms with E-state index in [-0.39, 0.29) is 0 Å². The molecule has 0 atom stereocenters. The zero-order valence-electron chi connectivity index (χ0n) is 6.56. The lowest BCUT2D eigenvalue weighted by atomic mass is 10.2. The van der Waals surface area contributed by atoms with Crippen LogP contribution in [0.1, 0.15) is 25.0 Å². The molecule has 0 aliphatic carbocycles. The highest BCUT2D eigenvalue weighted by Crippen LogP contribution is 2.10. The Labute approximate surface area is 61.5 Å². The lowest BCUT2D eigenvalue weighted by Gasteiger charge is -1.79. The predicted molar refractivity (Wildman–Crippen MR) is 45.1 cm³/mol. The van der Waals surface area contributed by atoms with Crippen molar-refractivity contribution in [2.24, 2.45) is 0 Å². The van der Waals surface area contributed by atoms with E-state index in [0.717, 1.165) is 0 Å². The van der Waals surface area contributed by atoms with Crippen molar-refractivity contribution in [1.29, 1.82) is 0 Å². The number of hydrogen-bond acceptors (Lipinski definition) is 1. The monoisotopic (exact) mass is 142 g/mol. The molecule has 0 saturated carbocycles. The van der Waals surface area contributed by atoms with E-state index in [9.17, 15) is 0 Å². The average Bonchev–Trinajstić information content (AvgIpc) is 2.23. The van der Waals surface area contributed by atoms with Gasteiger partial charge < -0.3 is 0 Å². The van der Waals surface area contributed by atoms with Crippen LogP contribution in [-0.2, 0) is 0 Å². The summed E-state index contributed by atoms with van der Waals surface area (Å²) in [6.45, 7) is 8.26. The predicted octanol–water partition coefficient (Wildman–Crippen LogP) is 3.39. The van der Waals surface area contributed by atoms with Crippen molar-refractivity contribution >= 4 is 11.3 Å². The highest BCUT2D eigenvalue weighted by molar-refractivity contribution is 7.08. The quantitative estimate of drug-likeness (QED) is 0.521. The molecule has 0 spiro atoms. The van der Waals surface area contributed by atoms with E-state index >= 15 is 0 Å². The Hall–Kier alpha value is -0.300. The average molecular weight is 142 g/mol. The van der Waals surface area contributed by atoms with Crippen LogP contribution < -0.4 is 0 Å². The molecule has 1 rings (SSSR count). The maximum atomic E-state index is 2.16. The van der Waals surface area contributed by atoms with Crippen molar-refractivity contribution in [2.45, 2.75) is 27.7 Å². The second-order valence-corrected chi connectivity index (χ2v) is 2.48. The Morgan fingerprint density at radius 1 is 1.00 bits per heavy atom. The number of rotatable bonds is 0. The minimum atomic E-state index is 1.41. The van der Waals surface area contributed by atoms with E-state index in [0.29, 0.717) is 0 Å². The van der Waals surface area contributed by atoms with E-state index in [4.69, 9.17) is 0 Å². The first-order chi connectivity index (χ1) is 4.30. The van der Waals surface area contributed by atoms with Crippen LogP contribution in [0.4, 0.5) is 0 Å². The van der Waals surface area contributed by atoms with E-state index < -0.39 is 0 Å². The maximum Gasteiger partial charge on any atom is -0.00613 e. The van der Waals surface area contributed by atoms with Gasteiger partial charge in [0.15, 0.2) is 0 Å². The molecule has 9 heavy (non-hydrogen) atoms. The highest BCUT2D eigenvalue weighted by atomic mass is 32.1. The third-order valence-corrected chi connectivity index (χ3v) is 2.09. The van der Waals surface area contributed by atoms with Crippen molar-refractivity contribution in [1.82, 2.24) is 0 Å². The molecule has 0 N–H and O–H groups in total. The molecule has 0 amide bonds. The van der Waals surface area contributed by atoms with Gasteiger partial charge in [-0.05, 0) is 35.7 Å². The van der Waals surface area contributed by atoms with Gasteiger partial charge in [0.25, 0.3) is 0 Å². The first-order valence-corrected chi connectivity index (χ1v) is 4.24. The molecule has 0 aliphatic heterocycles. The number of hydrogen-bond donors (Lipinski definition) is 0. The SMILES string of the molecule is CC.Cc1cscc1C. The summed E-state index contributed by atoms with van der Waals surface area (Å²) in [4.78, 5) is 0. The topological polar surface area (TPSA) is 0 Å². The third-order valence-electron chi connectivity index (χ3n) is 1.11. The van der Waals surface area contributed by atoms with Crippen LogP contribution in [0.3, 0.4) is 0 Å². The third kappa shape index (κ3) is 2.66. The minimum Gasteiger partial charge on any atom is -0.152 e. The Morgan fingerprint density at radius 2 is 1.33 bits per heavy atom. The fourth-order valence-corrected chi connectivity index (χ4v) is 1.27. The number of thiophene rings is 1. The standard InChI is InChI=1S/C6H8S.C2H6/c1-5-3-7-4-6(5)2;1-2/h3-4H,1-2H3;1-2H3. The van der Waals surface area contributed by atoms with Crippen LogP contribution in [0.25, 0.3) is 0 Å². The molecular weight excluding hydrogens is 128 g/mol. The Kier molecular flexibility index (Phi) is 4.41. The summed E-state index contributed by atoms with van der Waals surface area (Å²) in [7, 11) is 0. The van der Waals surface area contributed by atoms with Crippen LogP contribution in [-0.4, -0.2) is 0 Å². The Bertz CT molecular complexity index is 137. The van der Waals surface area contributed by atoms with Gasteiger partial charge in [-0.25, -0.2) is 0 Å². The second-order valence-electron chi connectivity index (χ2n) is 1.74. The number of aryl methyl sites for hydroxylation is 2. The van der Waals surface area contributed by atoms with Gasteiger partial charge in [-0.1, -0.05) is 13.8 Å². The minimum absolute atomic E-state index is 1.41. The largest absolute Gasteiger partial charge is 0.152 e. The molecular formula is C8H14S. The first-order valence-electron chi connectivity index (χ1n) is 3.30. The molecule has 0 fully saturated rings. The fourth-order valence-electron chi connectivity index (χ4n) is 0.424. The van der Waals surface area contributed by atoms with Crippen molar-refractivity contribution in [3.8, 4) is 0 Å². The zero-order chi connectivity index (χ0) is 7.28. The van der Waals surface area contributed by atoms with Gasteiger partial charge in [0, 0.05) is 0 Å². The molecule has 1 aromatic rings. The Balaban J connectivity index is 0.000000291. The summed E-state index contributed by atoms with van der Waals surface area (Å²) in [5.41, 5.74) is 2.81. The van der Waals surface area contributed by atoms with Gasteiger partial charge >= 0.3 is 0 Å². The van der Waals surface area contributed by atoms with Crippen LogP contribution in [0.15, 0.2) is 10.8 Å². The van der Waals surface area contributed by atoms with E-state index in [1.54, 1.807) is 11.3 Å². The van der Waals surface area contributed by atoms with Gasteiger partial charge in [-0.2, -0.15) is 11.3 Å². The Morgan fingerprint density at radius 3 is 1.44 bits per heavy atom. The van der Waals surface area contributed by atoms with Gasteiger partial charge in [0.1, 0.15) is 0 Å². The summed E-state index contributed by atoms with van der Waals surface area (Å²) in [6, 6.07) is 0. The summed E-state index contributed by atoms with van der Waals surface area (Å²) in [5.74, 6) is 0. The molecule has 0 nitrogen and oxygen atoms in total. The summed E-state index contributed by atoms with van der Waals surface area (Å²) in [5, 5.41) is 4.32. The lowest BCUT2D eigenvalue weighted by molar-refractivity contribution is 1.41. The smallest absolute Gasteiger partial charge is 0.00613 e. The van der Waals surface area contributed by atoms with Crippen molar-refractivity contribution in [2.75, 3.05) is 0 Å². The molecule has 1 heteroatoms. The van der Waals surface area contributed by atoms with Gasteiger partial charge in [0.05, 0.1) is 0 Å². The fraction of sp³-hybridized carbons (Fsp3) is 0.500. The van der Waals surface area contributed by atoms with Gasteiger partial charge in [0.2, 0.25) is 0 Å². The zero-order valence-corrected chi connectivity index (χ0v) is 7.38. The molecule has 1 aromatic heterocycles. The molecule has 0 saturated heterocycles. The van der Waals surface area contributed by atoms with Crippen LogP contribution in [0, 0.1) is 13.8 Å². The van der Waals surface area contributed by atoms with E-state index in [1.165, 1.54) is 11.1 Å². The van der Waals surface area contributed by atoms with Crippen LogP contribution in [0.2, 0.25) is 0 Å². The normalized spacial score (nSPS) is 8.00. The maximum absolute atomic E-state index is 2.16. The van der Waals surface area contributed by atoms with Crippen molar-refractivity contribution in [3.05, 3.63) is 21.9 Å². The van der Waals surface area contributed by atoms with Crippen molar-refractivity contribution in [3.63, 3.8) is 0 Å². The first kappa shape index (κ1) is 8.70. The lowest BCUT2D eigenvalue weighted by Crippen LogP contribution is -1.63. The summed E-state index contributed by atoms with van der Waals surface area (Å²) in [6.07, 6.45) is 0. The summed E-state index contributed by atoms with van der Waals surface area (Å²) < 4.78 is 0. The molecule has 0 radical (unpaired) electrons. The van der Waals surface area contributed by atoms with Gasteiger partial charge in [-0.15, -0.1) is 0 Å². The molecule has 52 valence electrons. The van der Waals surface area contributed by atoms with E-state index in [1.807, 2.05) is 13.8 Å².